The van der Waals surface area contributed by atoms with Crippen LogP contribution in [0.15, 0.2) is 29.6 Å². The molecule has 16 heavy (non-hydrogen) atoms. The molecule has 2 aromatic rings. The van der Waals surface area contributed by atoms with E-state index < -0.39 is 0 Å². The van der Waals surface area contributed by atoms with Crippen molar-refractivity contribution < 1.29 is 9.53 Å². The number of ketones is 1. The van der Waals surface area contributed by atoms with Crippen molar-refractivity contribution in [3.05, 3.63) is 43.7 Å². The van der Waals surface area contributed by atoms with E-state index in [1.165, 1.54) is 11.3 Å². The van der Waals surface area contributed by atoms with Crippen LogP contribution in [0, 0.1) is 0 Å². The summed E-state index contributed by atoms with van der Waals surface area (Å²) in [6, 6.07) is 7.39. The van der Waals surface area contributed by atoms with Gasteiger partial charge in [0.1, 0.15) is 6.61 Å². The summed E-state index contributed by atoms with van der Waals surface area (Å²) >= 11 is 8.65. The van der Waals surface area contributed by atoms with Gasteiger partial charge in [-0.3, -0.25) is 4.79 Å². The van der Waals surface area contributed by atoms with Gasteiger partial charge in [0, 0.05) is 4.88 Å². The van der Waals surface area contributed by atoms with Gasteiger partial charge < -0.3 is 4.74 Å². The molecule has 0 N–H and O–H groups in total. The van der Waals surface area contributed by atoms with Gasteiger partial charge in [0.15, 0.2) is 5.78 Å². The summed E-state index contributed by atoms with van der Waals surface area (Å²) in [4.78, 5) is 13.4. The van der Waals surface area contributed by atoms with Gasteiger partial charge in [-0.2, -0.15) is 0 Å². The van der Waals surface area contributed by atoms with Gasteiger partial charge in [-0.05, 0) is 23.6 Å². The van der Waals surface area contributed by atoms with E-state index in [2.05, 4.69) is 0 Å². The van der Waals surface area contributed by atoms with Crippen molar-refractivity contribution in [1.82, 2.24) is 0 Å². The quantitative estimate of drug-likeness (QED) is 0.773. The average Bonchev–Trinajstić information content (AvgIpc) is 2.89. The number of hydrogen-bond donors (Lipinski definition) is 0. The molecule has 0 spiro atoms. The Hall–Kier alpha value is -0.680. The molecule has 0 unspecified atom stereocenters. The van der Waals surface area contributed by atoms with Crippen LogP contribution < -0.4 is 0 Å². The molecular weight excluding hydrogens is 264 g/mol. The minimum absolute atomic E-state index is 0.0199. The first-order valence-corrected chi connectivity index (χ1v) is 6.72. The lowest BCUT2D eigenvalue weighted by atomic mass is 10.3. The maximum Gasteiger partial charge on any atom is 0.198 e. The third-order valence-electron chi connectivity index (χ3n) is 1.91. The maximum atomic E-state index is 11.6. The van der Waals surface area contributed by atoms with Crippen LogP contribution in [0.2, 0.25) is 4.34 Å². The number of rotatable bonds is 5. The number of carbonyl (C=O) groups excluding carboxylic acids is 1. The predicted octanol–water partition coefficient (Wildman–Crippen LogP) is 3.86. The summed E-state index contributed by atoms with van der Waals surface area (Å²) in [5.41, 5.74) is 0. The van der Waals surface area contributed by atoms with Gasteiger partial charge in [-0.15, -0.1) is 22.7 Å². The molecule has 0 aliphatic carbocycles. The van der Waals surface area contributed by atoms with Crippen LogP contribution >= 0.6 is 34.3 Å². The monoisotopic (exact) mass is 272 g/mol. The molecule has 2 rings (SSSR count). The fraction of sp³-hybridized carbons (Fsp3) is 0.182. The van der Waals surface area contributed by atoms with Crippen LogP contribution in [0.3, 0.4) is 0 Å². The topological polar surface area (TPSA) is 26.3 Å². The SMILES string of the molecule is O=C(COCc1cccs1)c1ccc(Cl)s1. The molecule has 2 aromatic heterocycles. The molecule has 0 aliphatic heterocycles. The summed E-state index contributed by atoms with van der Waals surface area (Å²) in [5.74, 6) is -0.0199. The molecule has 0 aromatic carbocycles. The number of carbonyl (C=O) groups is 1. The van der Waals surface area contributed by atoms with E-state index in [4.69, 9.17) is 16.3 Å². The molecule has 0 saturated heterocycles. The Morgan fingerprint density at radius 3 is 2.88 bits per heavy atom. The first-order valence-electron chi connectivity index (χ1n) is 4.64. The second-order valence-electron chi connectivity index (χ2n) is 3.10. The Morgan fingerprint density at radius 1 is 1.38 bits per heavy atom. The standard InChI is InChI=1S/C11H9ClO2S2/c12-11-4-3-10(16-11)9(13)7-14-6-8-2-1-5-15-8/h1-5H,6-7H2. The summed E-state index contributed by atoms with van der Waals surface area (Å²) in [6.07, 6.45) is 0. The van der Waals surface area contributed by atoms with Crippen LogP contribution in [0.4, 0.5) is 0 Å². The first kappa shape index (κ1) is 11.8. The fourth-order valence-electron chi connectivity index (χ4n) is 1.17. The summed E-state index contributed by atoms with van der Waals surface area (Å²) < 4.78 is 5.95. The summed E-state index contributed by atoms with van der Waals surface area (Å²) in [5, 5.41) is 1.99. The first-order chi connectivity index (χ1) is 7.75. The second kappa shape index (κ2) is 5.59. The maximum absolute atomic E-state index is 11.6. The molecule has 0 aliphatic rings. The zero-order valence-corrected chi connectivity index (χ0v) is 10.7. The predicted molar refractivity (Wildman–Crippen MR) is 67.6 cm³/mol. The van der Waals surface area contributed by atoms with E-state index in [1.807, 2.05) is 17.5 Å². The molecule has 84 valence electrons. The Kier molecular flexibility index (Phi) is 4.12. The third kappa shape index (κ3) is 3.15. The van der Waals surface area contributed by atoms with E-state index in [0.29, 0.717) is 15.8 Å². The lowest BCUT2D eigenvalue weighted by Gasteiger charge is -1.99. The van der Waals surface area contributed by atoms with Crippen LogP contribution in [-0.2, 0) is 11.3 Å². The van der Waals surface area contributed by atoms with Gasteiger partial charge in [-0.1, -0.05) is 17.7 Å². The van der Waals surface area contributed by atoms with Gasteiger partial charge in [0.2, 0.25) is 0 Å². The summed E-state index contributed by atoms with van der Waals surface area (Å²) in [6.45, 7) is 0.595. The van der Waals surface area contributed by atoms with Crippen molar-refractivity contribution in [1.29, 1.82) is 0 Å². The lowest BCUT2D eigenvalue weighted by molar-refractivity contribution is 0.0735. The van der Waals surface area contributed by atoms with Crippen molar-refractivity contribution in [3.8, 4) is 0 Å². The normalized spacial score (nSPS) is 10.6. The molecule has 5 heteroatoms. The van der Waals surface area contributed by atoms with Crippen LogP contribution in [0.1, 0.15) is 14.5 Å². The summed E-state index contributed by atoms with van der Waals surface area (Å²) in [7, 11) is 0. The van der Waals surface area contributed by atoms with Crippen molar-refractivity contribution in [2.75, 3.05) is 6.61 Å². The molecule has 2 heterocycles. The van der Waals surface area contributed by atoms with Crippen LogP contribution in [0.25, 0.3) is 0 Å². The van der Waals surface area contributed by atoms with Gasteiger partial charge in [-0.25, -0.2) is 0 Å². The highest BCUT2D eigenvalue weighted by Gasteiger charge is 2.08. The van der Waals surface area contributed by atoms with E-state index in [1.54, 1.807) is 23.5 Å². The Morgan fingerprint density at radius 2 is 2.25 bits per heavy atom. The largest absolute Gasteiger partial charge is 0.368 e. The highest BCUT2D eigenvalue weighted by Crippen LogP contribution is 2.21. The molecule has 0 radical (unpaired) electrons. The smallest absolute Gasteiger partial charge is 0.198 e. The highest BCUT2D eigenvalue weighted by atomic mass is 35.5. The minimum atomic E-state index is -0.0199. The Balaban J connectivity index is 1.80. The van der Waals surface area contributed by atoms with E-state index in [9.17, 15) is 4.79 Å². The van der Waals surface area contributed by atoms with Gasteiger partial charge in [0.05, 0.1) is 15.8 Å². The minimum Gasteiger partial charge on any atom is -0.368 e. The molecule has 0 atom stereocenters. The Labute approximate surface area is 106 Å². The molecule has 0 saturated carbocycles. The van der Waals surface area contributed by atoms with Gasteiger partial charge >= 0.3 is 0 Å². The molecule has 0 fully saturated rings. The second-order valence-corrected chi connectivity index (χ2v) is 5.85. The van der Waals surface area contributed by atoms with Gasteiger partial charge in [0.25, 0.3) is 0 Å². The molecule has 0 amide bonds. The average molecular weight is 273 g/mol. The third-order valence-corrected chi connectivity index (χ3v) is 4.03. The molecule has 2 nitrogen and oxygen atoms in total. The van der Waals surface area contributed by atoms with Crippen molar-refractivity contribution in [3.63, 3.8) is 0 Å². The van der Waals surface area contributed by atoms with Crippen LogP contribution in [-0.4, -0.2) is 12.4 Å². The molecule has 0 bridgehead atoms. The van der Waals surface area contributed by atoms with Crippen molar-refractivity contribution >= 4 is 40.1 Å². The zero-order valence-electron chi connectivity index (χ0n) is 8.31. The zero-order chi connectivity index (χ0) is 11.4. The molecular formula is C11H9ClO2S2. The van der Waals surface area contributed by atoms with Crippen molar-refractivity contribution in [2.45, 2.75) is 6.61 Å². The number of ether oxygens (including phenoxy) is 1. The number of thiophene rings is 2. The number of hydrogen-bond acceptors (Lipinski definition) is 4. The number of Topliss-reactive ketones (excluding diaryl/α,β-unsaturated/α-hetero) is 1. The number of halogens is 1. The van der Waals surface area contributed by atoms with Crippen molar-refractivity contribution in [2.24, 2.45) is 0 Å². The van der Waals surface area contributed by atoms with E-state index in [0.717, 1.165) is 4.88 Å². The fourth-order valence-corrected chi connectivity index (χ4v) is 2.78. The highest BCUT2D eigenvalue weighted by molar-refractivity contribution is 7.18. The Bertz CT molecular complexity index is 462. The van der Waals surface area contributed by atoms with E-state index >= 15 is 0 Å². The van der Waals surface area contributed by atoms with Crippen LogP contribution in [0.5, 0.6) is 0 Å². The van der Waals surface area contributed by atoms with E-state index in [-0.39, 0.29) is 12.4 Å². The lowest BCUT2D eigenvalue weighted by Crippen LogP contribution is -2.06.